The van der Waals surface area contributed by atoms with Gasteiger partial charge in [0.2, 0.25) is 5.91 Å². The highest BCUT2D eigenvalue weighted by Gasteiger charge is 2.18. The van der Waals surface area contributed by atoms with Gasteiger partial charge >= 0.3 is 0 Å². The molecule has 0 fully saturated rings. The molecule has 29 heavy (non-hydrogen) atoms. The Kier molecular flexibility index (Phi) is 6.80. The first-order valence-electron chi connectivity index (χ1n) is 8.54. The Balaban J connectivity index is 1.45. The molecule has 0 aliphatic rings. The zero-order valence-electron chi connectivity index (χ0n) is 15.3. The molecule has 0 spiro atoms. The fourth-order valence-electron chi connectivity index (χ4n) is 2.18. The number of nitrogens with one attached hydrogen (secondary N) is 2. The molecule has 150 valence electrons. The summed E-state index contributed by atoms with van der Waals surface area (Å²) in [7, 11) is 0. The van der Waals surface area contributed by atoms with Gasteiger partial charge in [0.15, 0.2) is 17.7 Å². The molecule has 3 rings (SSSR count). The van der Waals surface area contributed by atoms with Gasteiger partial charge in [0, 0.05) is 5.56 Å². The second-order valence-corrected chi connectivity index (χ2v) is 6.68. The predicted molar refractivity (Wildman–Crippen MR) is 103 cm³/mol. The Morgan fingerprint density at radius 2 is 1.83 bits per heavy atom. The van der Waals surface area contributed by atoms with Crippen LogP contribution in [0.4, 0.5) is 4.39 Å². The molecule has 3 aromatic rings. The van der Waals surface area contributed by atoms with Crippen molar-refractivity contribution >= 4 is 23.6 Å². The van der Waals surface area contributed by atoms with E-state index >= 15 is 0 Å². The van der Waals surface area contributed by atoms with Crippen LogP contribution in [0.3, 0.4) is 0 Å². The van der Waals surface area contributed by atoms with E-state index < -0.39 is 23.7 Å². The molecule has 2 N–H and O–H groups in total. The maximum atomic E-state index is 13.6. The summed E-state index contributed by atoms with van der Waals surface area (Å²) in [4.78, 5) is 23.7. The maximum Gasteiger partial charge on any atom is 0.277 e. The average Bonchev–Trinajstić information content (AvgIpc) is 3.22. The number of para-hydroxylation sites is 1. The highest BCUT2D eigenvalue weighted by Crippen LogP contribution is 2.25. The first-order chi connectivity index (χ1) is 14.0. The summed E-state index contributed by atoms with van der Waals surface area (Å²) in [6, 6.07) is 14.5. The lowest BCUT2D eigenvalue weighted by atomic mass is 10.2. The lowest BCUT2D eigenvalue weighted by molar-refractivity contribution is -0.119. The SMILES string of the molecule is C[C@H](Oc1ccccc1F)c1nnc(SCC(=O)NNC(=O)c2ccccc2)o1. The highest BCUT2D eigenvalue weighted by molar-refractivity contribution is 7.99. The normalized spacial score (nSPS) is 11.5. The van der Waals surface area contributed by atoms with Crippen molar-refractivity contribution in [3.63, 3.8) is 0 Å². The van der Waals surface area contributed by atoms with Gasteiger partial charge in [0.05, 0.1) is 5.75 Å². The standard InChI is InChI=1S/C19H17FN4O4S/c1-12(27-15-10-6-5-9-14(15)20)18-23-24-19(28-18)29-11-16(25)21-22-17(26)13-7-3-2-4-8-13/h2-10,12H,11H2,1H3,(H,21,25)(H,22,26)/t12-/m0/s1. The van der Waals surface area contributed by atoms with Crippen LogP contribution in [0, 0.1) is 5.82 Å². The van der Waals surface area contributed by atoms with Gasteiger partial charge in [-0.1, -0.05) is 42.1 Å². The summed E-state index contributed by atoms with van der Waals surface area (Å²) in [5.41, 5.74) is 5.04. The van der Waals surface area contributed by atoms with Crippen LogP contribution in [0.1, 0.15) is 29.3 Å². The number of hydrogen-bond acceptors (Lipinski definition) is 7. The number of rotatable bonds is 7. The van der Waals surface area contributed by atoms with Crippen molar-refractivity contribution in [2.45, 2.75) is 18.3 Å². The Bertz CT molecular complexity index is 983. The van der Waals surface area contributed by atoms with Crippen molar-refractivity contribution in [1.82, 2.24) is 21.0 Å². The average molecular weight is 416 g/mol. The smallest absolute Gasteiger partial charge is 0.277 e. The third-order valence-electron chi connectivity index (χ3n) is 3.59. The number of hydrazine groups is 1. The van der Waals surface area contributed by atoms with Gasteiger partial charge in [-0.25, -0.2) is 4.39 Å². The molecular formula is C19H17FN4O4S. The molecule has 0 unspecified atom stereocenters. The Labute approximate surface area is 169 Å². The Hall–Kier alpha value is -3.40. The number of nitrogens with zero attached hydrogens (tertiary/aromatic N) is 2. The van der Waals surface area contributed by atoms with E-state index in [2.05, 4.69) is 21.0 Å². The minimum absolute atomic E-state index is 0.0563. The van der Waals surface area contributed by atoms with Crippen LogP contribution in [-0.2, 0) is 4.79 Å². The Morgan fingerprint density at radius 1 is 1.10 bits per heavy atom. The highest BCUT2D eigenvalue weighted by atomic mass is 32.2. The van der Waals surface area contributed by atoms with Crippen LogP contribution in [0.15, 0.2) is 64.2 Å². The molecule has 2 aromatic carbocycles. The van der Waals surface area contributed by atoms with E-state index in [0.29, 0.717) is 5.56 Å². The Morgan fingerprint density at radius 3 is 2.59 bits per heavy atom. The molecule has 0 saturated carbocycles. The topological polar surface area (TPSA) is 106 Å². The number of halogens is 1. The molecule has 10 heteroatoms. The molecule has 0 radical (unpaired) electrons. The maximum absolute atomic E-state index is 13.6. The van der Waals surface area contributed by atoms with E-state index in [1.54, 1.807) is 49.4 Å². The van der Waals surface area contributed by atoms with Gasteiger partial charge in [-0.2, -0.15) is 0 Å². The number of aromatic nitrogens is 2. The summed E-state index contributed by atoms with van der Waals surface area (Å²) >= 11 is 0.990. The number of hydrogen-bond donors (Lipinski definition) is 2. The van der Waals surface area contributed by atoms with Crippen LogP contribution in [0.25, 0.3) is 0 Å². The molecule has 1 aromatic heterocycles. The first kappa shape index (κ1) is 20.3. The van der Waals surface area contributed by atoms with E-state index in [1.165, 1.54) is 12.1 Å². The van der Waals surface area contributed by atoms with Gasteiger partial charge in [-0.05, 0) is 31.2 Å². The first-order valence-corrected chi connectivity index (χ1v) is 9.53. The van der Waals surface area contributed by atoms with Crippen molar-refractivity contribution in [3.8, 4) is 5.75 Å². The van der Waals surface area contributed by atoms with Gasteiger partial charge in [-0.3, -0.25) is 20.4 Å². The predicted octanol–water partition coefficient (Wildman–Crippen LogP) is 2.90. The van der Waals surface area contributed by atoms with E-state index in [9.17, 15) is 14.0 Å². The zero-order valence-corrected chi connectivity index (χ0v) is 16.1. The molecule has 0 aliphatic heterocycles. The number of amides is 2. The van der Waals surface area contributed by atoms with Crippen LogP contribution in [-0.4, -0.2) is 27.8 Å². The number of ether oxygens (including phenoxy) is 1. The van der Waals surface area contributed by atoms with E-state index in [0.717, 1.165) is 11.8 Å². The van der Waals surface area contributed by atoms with E-state index in [-0.39, 0.29) is 22.6 Å². The summed E-state index contributed by atoms with van der Waals surface area (Å²) in [5.74, 6) is -1.21. The summed E-state index contributed by atoms with van der Waals surface area (Å²) in [5, 5.41) is 7.82. The largest absolute Gasteiger partial charge is 0.478 e. The van der Waals surface area contributed by atoms with E-state index in [4.69, 9.17) is 9.15 Å². The van der Waals surface area contributed by atoms with Crippen molar-refractivity contribution < 1.29 is 23.1 Å². The molecular weight excluding hydrogens is 399 g/mol. The fourth-order valence-corrected chi connectivity index (χ4v) is 2.75. The minimum atomic E-state index is -0.673. The second kappa shape index (κ2) is 9.69. The van der Waals surface area contributed by atoms with Gasteiger partial charge in [-0.15, -0.1) is 10.2 Å². The summed E-state index contributed by atoms with van der Waals surface area (Å²) < 4.78 is 24.5. The third-order valence-corrected chi connectivity index (χ3v) is 4.41. The third kappa shape index (κ3) is 5.79. The van der Waals surface area contributed by atoms with Gasteiger partial charge < -0.3 is 9.15 Å². The van der Waals surface area contributed by atoms with Crippen molar-refractivity contribution in [1.29, 1.82) is 0 Å². The minimum Gasteiger partial charge on any atom is -0.478 e. The van der Waals surface area contributed by atoms with Gasteiger partial charge in [0.25, 0.3) is 17.0 Å². The molecule has 2 amide bonds. The van der Waals surface area contributed by atoms with Crippen LogP contribution < -0.4 is 15.6 Å². The van der Waals surface area contributed by atoms with Crippen LogP contribution >= 0.6 is 11.8 Å². The molecule has 0 aliphatic carbocycles. The van der Waals surface area contributed by atoms with Crippen LogP contribution in [0.5, 0.6) is 5.75 Å². The lowest BCUT2D eigenvalue weighted by Crippen LogP contribution is -2.42. The number of carbonyl (C=O) groups is 2. The molecule has 0 saturated heterocycles. The van der Waals surface area contributed by atoms with Gasteiger partial charge in [0.1, 0.15) is 0 Å². The number of benzene rings is 2. The second-order valence-electron chi connectivity index (χ2n) is 5.75. The molecule has 1 heterocycles. The summed E-state index contributed by atoms with van der Waals surface area (Å²) in [6.45, 7) is 1.64. The lowest BCUT2D eigenvalue weighted by Gasteiger charge is -2.11. The molecule has 0 bridgehead atoms. The van der Waals surface area contributed by atoms with Crippen LogP contribution in [0.2, 0.25) is 0 Å². The zero-order chi connectivity index (χ0) is 20.6. The van der Waals surface area contributed by atoms with Crippen molar-refractivity contribution in [2.24, 2.45) is 0 Å². The number of thioether (sulfide) groups is 1. The number of carbonyl (C=O) groups excluding carboxylic acids is 2. The molecule has 8 nitrogen and oxygen atoms in total. The molecule has 1 atom stereocenters. The van der Waals surface area contributed by atoms with Crippen molar-refractivity contribution in [2.75, 3.05) is 5.75 Å². The van der Waals surface area contributed by atoms with Crippen molar-refractivity contribution in [3.05, 3.63) is 71.9 Å². The van der Waals surface area contributed by atoms with E-state index in [1.807, 2.05) is 0 Å². The summed E-state index contributed by atoms with van der Waals surface area (Å²) in [6.07, 6.45) is -0.673. The monoisotopic (exact) mass is 416 g/mol. The fraction of sp³-hybridized carbons (Fsp3) is 0.158. The quantitative estimate of drug-likeness (QED) is 0.451.